The average Bonchev–Trinajstić information content (AvgIpc) is 2.65. The van der Waals surface area contributed by atoms with Gasteiger partial charge in [0.15, 0.2) is 0 Å². The Balaban J connectivity index is 2.64. The van der Waals surface area contributed by atoms with Crippen LogP contribution in [0, 0.1) is 0 Å². The number of hydrogen-bond donors (Lipinski definition) is 1. The van der Waals surface area contributed by atoms with Crippen LogP contribution in [0.25, 0.3) is 0 Å². The number of carbonyl (C=O) groups is 1. The quantitative estimate of drug-likeness (QED) is 0.673. The zero-order chi connectivity index (χ0) is 18.0. The van der Waals surface area contributed by atoms with E-state index in [4.69, 9.17) is 0 Å². The van der Waals surface area contributed by atoms with Crippen LogP contribution < -0.4 is 11.0 Å². The van der Waals surface area contributed by atoms with Crippen LogP contribution >= 0.6 is 0 Å². The molecule has 0 aromatic carbocycles. The molecule has 0 aliphatic heterocycles. The van der Waals surface area contributed by atoms with Crippen LogP contribution in [-0.4, -0.2) is 59.4 Å². The van der Waals surface area contributed by atoms with E-state index in [0.29, 0.717) is 9.25 Å². The number of alkyl halides is 3. The summed E-state index contributed by atoms with van der Waals surface area (Å²) in [5.74, 6) is -2.00. The van der Waals surface area contributed by atoms with E-state index in [1.165, 1.54) is 7.05 Å². The van der Waals surface area contributed by atoms with Gasteiger partial charge in [-0.3, -0.25) is 9.36 Å². The van der Waals surface area contributed by atoms with Crippen molar-refractivity contribution in [2.24, 2.45) is 7.05 Å². The predicted octanol–water partition coefficient (Wildman–Crippen LogP) is -1.39. The molecule has 1 N–H and O–H groups in total. The van der Waals surface area contributed by atoms with E-state index in [1.54, 1.807) is 0 Å². The Labute approximate surface area is 129 Å². The van der Waals surface area contributed by atoms with Gasteiger partial charge in [-0.1, -0.05) is 0 Å². The lowest BCUT2D eigenvalue weighted by Gasteiger charge is -2.13. The van der Waals surface area contributed by atoms with Crippen molar-refractivity contribution in [3.05, 3.63) is 16.3 Å². The van der Waals surface area contributed by atoms with Gasteiger partial charge in [0, 0.05) is 20.6 Å². The Kier molecular flexibility index (Phi) is 5.58. The summed E-state index contributed by atoms with van der Waals surface area (Å²) in [5, 5.41) is 5.46. The van der Waals surface area contributed by atoms with Crippen LogP contribution in [0.5, 0.6) is 0 Å². The van der Waals surface area contributed by atoms with Gasteiger partial charge in [0.1, 0.15) is 0 Å². The number of carbonyl (C=O) groups excluding carboxylic acids is 1. The van der Waals surface area contributed by atoms with E-state index in [2.05, 4.69) is 10.4 Å². The summed E-state index contributed by atoms with van der Waals surface area (Å²) in [6, 6.07) is 0. The molecule has 1 aromatic heterocycles. The van der Waals surface area contributed by atoms with E-state index in [-0.39, 0.29) is 13.1 Å². The highest BCUT2D eigenvalue weighted by atomic mass is 32.2. The molecule has 0 saturated heterocycles. The molecule has 0 spiro atoms. The molecule has 0 unspecified atom stereocenters. The Morgan fingerprint density at radius 3 is 2.39 bits per heavy atom. The number of rotatable bonds is 6. The number of amides is 1. The van der Waals surface area contributed by atoms with E-state index in [1.807, 2.05) is 0 Å². The molecule has 0 saturated carbocycles. The zero-order valence-corrected chi connectivity index (χ0v) is 13.4. The Morgan fingerprint density at radius 2 is 1.96 bits per heavy atom. The molecule has 1 rings (SSSR count). The fourth-order valence-corrected chi connectivity index (χ4v) is 1.91. The largest absolute Gasteiger partial charge is 0.451 e. The molecule has 0 aliphatic carbocycles. The van der Waals surface area contributed by atoms with Crippen LogP contribution in [0.3, 0.4) is 0 Å². The van der Waals surface area contributed by atoms with E-state index in [9.17, 15) is 31.2 Å². The lowest BCUT2D eigenvalue weighted by atomic mass is 10.5. The SMILES string of the molecule is CN(CC(=O)NCCn1nc(C(F)(F)F)n(C)c1=O)S(C)(=O)=O. The molecule has 9 nitrogen and oxygen atoms in total. The molecular weight excluding hydrogens is 343 g/mol. The summed E-state index contributed by atoms with van der Waals surface area (Å²) in [5.41, 5.74) is -0.972. The minimum absolute atomic E-state index is 0.176. The molecule has 0 bridgehead atoms. The van der Waals surface area contributed by atoms with Crippen molar-refractivity contribution in [2.45, 2.75) is 12.7 Å². The molecule has 1 amide bonds. The third-order valence-electron chi connectivity index (χ3n) is 2.87. The smallest absolute Gasteiger partial charge is 0.353 e. The van der Waals surface area contributed by atoms with Crippen LogP contribution in [0.2, 0.25) is 0 Å². The zero-order valence-electron chi connectivity index (χ0n) is 12.6. The molecular formula is C10H16F3N5O4S. The second kappa shape index (κ2) is 6.70. The first-order chi connectivity index (χ1) is 10.3. The maximum atomic E-state index is 12.6. The van der Waals surface area contributed by atoms with Gasteiger partial charge in [-0.15, -0.1) is 5.10 Å². The number of hydrogen-bond acceptors (Lipinski definition) is 5. The summed E-state index contributed by atoms with van der Waals surface area (Å²) >= 11 is 0. The third kappa shape index (κ3) is 5.06. The highest BCUT2D eigenvalue weighted by molar-refractivity contribution is 7.88. The van der Waals surface area contributed by atoms with Crippen molar-refractivity contribution < 1.29 is 26.4 Å². The fraction of sp³-hybridized carbons (Fsp3) is 0.700. The van der Waals surface area contributed by atoms with Crippen LogP contribution in [0.15, 0.2) is 4.79 Å². The maximum absolute atomic E-state index is 12.6. The maximum Gasteiger partial charge on any atom is 0.451 e. The Bertz CT molecular complexity index is 737. The van der Waals surface area contributed by atoms with Crippen molar-refractivity contribution in [1.29, 1.82) is 0 Å². The van der Waals surface area contributed by atoms with Gasteiger partial charge in [0.25, 0.3) is 0 Å². The summed E-state index contributed by atoms with van der Waals surface area (Å²) in [7, 11) is -1.38. The van der Waals surface area contributed by atoms with E-state index in [0.717, 1.165) is 17.6 Å². The number of aromatic nitrogens is 3. The standard InChI is InChI=1S/C10H16F3N5O4S/c1-16(23(3,21)22)6-7(19)14-4-5-18-9(20)17(2)8(15-18)10(11,12)13/h4-6H2,1-3H3,(H,14,19). The summed E-state index contributed by atoms with van der Waals surface area (Å²) in [4.78, 5) is 23.1. The molecule has 132 valence electrons. The molecule has 0 atom stereocenters. The first kappa shape index (κ1) is 19.2. The number of halogens is 3. The number of nitrogens with one attached hydrogen (secondary N) is 1. The summed E-state index contributed by atoms with van der Waals surface area (Å²) in [6.07, 6.45) is -3.84. The summed E-state index contributed by atoms with van der Waals surface area (Å²) in [6.45, 7) is -0.897. The minimum atomic E-state index is -4.76. The molecule has 0 aliphatic rings. The van der Waals surface area contributed by atoms with Crippen molar-refractivity contribution in [3.63, 3.8) is 0 Å². The van der Waals surface area contributed by atoms with Crippen LogP contribution in [0.1, 0.15) is 5.82 Å². The van der Waals surface area contributed by atoms with Gasteiger partial charge in [-0.2, -0.15) is 17.5 Å². The van der Waals surface area contributed by atoms with Gasteiger partial charge in [-0.05, 0) is 0 Å². The third-order valence-corrected chi connectivity index (χ3v) is 4.13. The van der Waals surface area contributed by atoms with Gasteiger partial charge in [0.2, 0.25) is 21.8 Å². The Morgan fingerprint density at radius 1 is 1.39 bits per heavy atom. The molecule has 1 aromatic rings. The van der Waals surface area contributed by atoms with Crippen molar-refractivity contribution >= 4 is 15.9 Å². The predicted molar refractivity (Wildman–Crippen MR) is 73.0 cm³/mol. The first-order valence-electron chi connectivity index (χ1n) is 6.23. The summed E-state index contributed by atoms with van der Waals surface area (Å²) < 4.78 is 61.7. The van der Waals surface area contributed by atoms with E-state index >= 15 is 0 Å². The number of nitrogens with zero attached hydrogens (tertiary/aromatic N) is 4. The normalized spacial score (nSPS) is 12.7. The van der Waals surface area contributed by atoms with E-state index < -0.39 is 40.2 Å². The van der Waals surface area contributed by atoms with Crippen molar-refractivity contribution in [2.75, 3.05) is 26.4 Å². The molecule has 0 fully saturated rings. The molecule has 13 heteroatoms. The average molecular weight is 359 g/mol. The van der Waals surface area contributed by atoms with Crippen LogP contribution in [-0.2, 0) is 34.6 Å². The lowest BCUT2D eigenvalue weighted by molar-refractivity contribution is -0.147. The molecule has 23 heavy (non-hydrogen) atoms. The lowest BCUT2D eigenvalue weighted by Crippen LogP contribution is -2.39. The number of likely N-dealkylation sites (N-methyl/N-ethyl adjacent to an activating group) is 1. The topological polar surface area (TPSA) is 106 Å². The highest BCUT2D eigenvalue weighted by Crippen LogP contribution is 2.25. The molecule has 1 heterocycles. The van der Waals surface area contributed by atoms with Crippen LogP contribution in [0.4, 0.5) is 13.2 Å². The second-order valence-corrected chi connectivity index (χ2v) is 6.84. The first-order valence-corrected chi connectivity index (χ1v) is 8.08. The molecule has 0 radical (unpaired) electrons. The van der Waals surface area contributed by atoms with Crippen molar-refractivity contribution in [3.8, 4) is 0 Å². The Hall–Kier alpha value is -1.89. The fourth-order valence-electron chi connectivity index (χ4n) is 1.56. The van der Waals surface area contributed by atoms with Crippen molar-refractivity contribution in [1.82, 2.24) is 24.0 Å². The van der Waals surface area contributed by atoms with Gasteiger partial charge >= 0.3 is 11.9 Å². The minimum Gasteiger partial charge on any atom is -0.353 e. The van der Waals surface area contributed by atoms with Gasteiger partial charge in [0.05, 0.1) is 19.3 Å². The second-order valence-electron chi connectivity index (χ2n) is 4.76. The number of sulfonamides is 1. The highest BCUT2D eigenvalue weighted by Gasteiger charge is 2.37. The monoisotopic (exact) mass is 359 g/mol. The van der Waals surface area contributed by atoms with Gasteiger partial charge in [-0.25, -0.2) is 17.9 Å². The van der Waals surface area contributed by atoms with Gasteiger partial charge < -0.3 is 5.32 Å².